The molecular weight excluding hydrogens is 335 g/mol. The summed E-state index contributed by atoms with van der Waals surface area (Å²) in [5.41, 5.74) is 1.54. The van der Waals surface area contributed by atoms with Crippen LogP contribution in [0.1, 0.15) is 15.9 Å². The van der Waals surface area contributed by atoms with E-state index in [4.69, 9.17) is 23.2 Å². The highest BCUT2D eigenvalue weighted by Crippen LogP contribution is 2.23. The van der Waals surface area contributed by atoms with Gasteiger partial charge in [0.05, 0.1) is 10.0 Å². The third-order valence-corrected chi connectivity index (χ3v) is 3.78. The van der Waals surface area contributed by atoms with Crippen LogP contribution in [0.2, 0.25) is 10.0 Å². The Kier molecular flexibility index (Phi) is 4.44. The molecule has 1 nitrogen and oxygen atoms in total. The third kappa shape index (κ3) is 3.35. The molecule has 0 saturated heterocycles. The van der Waals surface area contributed by atoms with Gasteiger partial charge in [0, 0.05) is 16.5 Å². The quantitative estimate of drug-likeness (QED) is 0.701. The Balaban J connectivity index is 2.16. The molecule has 0 bridgehead atoms. The maximum atomic E-state index is 12.0. The van der Waals surface area contributed by atoms with Crippen molar-refractivity contribution in [2.24, 2.45) is 0 Å². The highest BCUT2D eigenvalue weighted by atomic mass is 79.9. The molecular formula is C14H9BrCl2O. The first-order chi connectivity index (χ1) is 8.56. The molecule has 4 heteroatoms. The van der Waals surface area contributed by atoms with Crippen molar-refractivity contribution in [1.29, 1.82) is 0 Å². The number of Topliss-reactive ketones (excluding diaryl/α,β-unsaturated/α-hetero) is 1. The van der Waals surface area contributed by atoms with E-state index < -0.39 is 0 Å². The second kappa shape index (κ2) is 5.87. The minimum Gasteiger partial charge on any atom is -0.294 e. The van der Waals surface area contributed by atoms with Crippen molar-refractivity contribution >= 4 is 44.9 Å². The lowest BCUT2D eigenvalue weighted by molar-refractivity contribution is 0.0993. The normalized spacial score (nSPS) is 10.4. The molecule has 0 atom stereocenters. The van der Waals surface area contributed by atoms with Crippen LogP contribution in [0, 0.1) is 0 Å². The first kappa shape index (κ1) is 13.6. The van der Waals surface area contributed by atoms with Crippen LogP contribution in [0.25, 0.3) is 0 Å². The molecule has 0 heterocycles. The van der Waals surface area contributed by atoms with Crippen LogP contribution in [-0.4, -0.2) is 5.78 Å². The molecule has 0 unspecified atom stereocenters. The Hall–Kier alpha value is -0.830. The molecule has 0 spiro atoms. The number of hydrogen-bond donors (Lipinski definition) is 0. The Morgan fingerprint density at radius 3 is 2.28 bits per heavy atom. The lowest BCUT2D eigenvalue weighted by Gasteiger charge is -2.03. The maximum Gasteiger partial charge on any atom is 0.167 e. The van der Waals surface area contributed by atoms with Crippen LogP contribution < -0.4 is 0 Å². The average molecular weight is 344 g/mol. The summed E-state index contributed by atoms with van der Waals surface area (Å²) in [6.07, 6.45) is 0.318. The highest BCUT2D eigenvalue weighted by Gasteiger charge is 2.08. The van der Waals surface area contributed by atoms with Gasteiger partial charge in [-0.05, 0) is 29.8 Å². The third-order valence-electron chi connectivity index (χ3n) is 2.51. The van der Waals surface area contributed by atoms with Gasteiger partial charge in [-0.15, -0.1) is 0 Å². The number of halogens is 3. The summed E-state index contributed by atoms with van der Waals surface area (Å²) in [4.78, 5) is 12.0. The first-order valence-corrected chi connectivity index (χ1v) is 6.84. The van der Waals surface area contributed by atoms with E-state index in [2.05, 4.69) is 15.9 Å². The standard InChI is InChI=1S/C14H9BrCl2O/c15-11-4-2-10(3-5-11)14(18)8-9-1-6-12(16)13(17)7-9/h1-7H,8H2. The van der Waals surface area contributed by atoms with E-state index in [1.165, 1.54) is 0 Å². The van der Waals surface area contributed by atoms with E-state index in [9.17, 15) is 4.79 Å². The van der Waals surface area contributed by atoms with Crippen LogP contribution in [0.15, 0.2) is 46.9 Å². The average Bonchev–Trinajstić information content (AvgIpc) is 2.34. The highest BCUT2D eigenvalue weighted by molar-refractivity contribution is 9.10. The number of hydrogen-bond acceptors (Lipinski definition) is 1. The van der Waals surface area contributed by atoms with Gasteiger partial charge < -0.3 is 0 Å². The molecule has 0 aliphatic carbocycles. The van der Waals surface area contributed by atoms with Crippen LogP contribution in [-0.2, 0) is 6.42 Å². The van der Waals surface area contributed by atoms with Gasteiger partial charge in [0.1, 0.15) is 0 Å². The summed E-state index contributed by atoms with van der Waals surface area (Å²) in [6, 6.07) is 12.5. The summed E-state index contributed by atoms with van der Waals surface area (Å²) >= 11 is 15.1. The molecule has 0 N–H and O–H groups in total. The lowest BCUT2D eigenvalue weighted by Crippen LogP contribution is -2.03. The van der Waals surface area contributed by atoms with Crippen molar-refractivity contribution in [3.63, 3.8) is 0 Å². The topological polar surface area (TPSA) is 17.1 Å². The summed E-state index contributed by atoms with van der Waals surface area (Å²) in [5.74, 6) is 0.0564. The SMILES string of the molecule is O=C(Cc1ccc(Cl)c(Cl)c1)c1ccc(Br)cc1. The van der Waals surface area contributed by atoms with Gasteiger partial charge in [-0.3, -0.25) is 4.79 Å². The molecule has 92 valence electrons. The molecule has 2 rings (SSSR count). The zero-order chi connectivity index (χ0) is 13.1. The van der Waals surface area contributed by atoms with Crippen molar-refractivity contribution in [1.82, 2.24) is 0 Å². The molecule has 18 heavy (non-hydrogen) atoms. The smallest absolute Gasteiger partial charge is 0.167 e. The Morgan fingerprint density at radius 2 is 1.67 bits per heavy atom. The largest absolute Gasteiger partial charge is 0.294 e. The predicted molar refractivity (Wildman–Crippen MR) is 78.6 cm³/mol. The van der Waals surface area contributed by atoms with Gasteiger partial charge >= 0.3 is 0 Å². The first-order valence-electron chi connectivity index (χ1n) is 5.29. The summed E-state index contributed by atoms with van der Waals surface area (Å²) in [6.45, 7) is 0. The van der Waals surface area contributed by atoms with Gasteiger partial charge in [0.15, 0.2) is 5.78 Å². The molecule has 2 aromatic rings. The number of ketones is 1. The van der Waals surface area contributed by atoms with E-state index in [1.807, 2.05) is 18.2 Å². The van der Waals surface area contributed by atoms with E-state index in [1.54, 1.807) is 24.3 Å². The van der Waals surface area contributed by atoms with E-state index in [0.29, 0.717) is 22.0 Å². The van der Waals surface area contributed by atoms with Crippen molar-refractivity contribution in [3.05, 3.63) is 68.1 Å². The van der Waals surface area contributed by atoms with Crippen LogP contribution in [0.3, 0.4) is 0 Å². The predicted octanol–water partition coefficient (Wildman–Crippen LogP) is 5.18. The minimum atomic E-state index is 0.0564. The van der Waals surface area contributed by atoms with Crippen molar-refractivity contribution < 1.29 is 4.79 Å². The van der Waals surface area contributed by atoms with Crippen molar-refractivity contribution in [2.45, 2.75) is 6.42 Å². The number of carbonyl (C=O) groups is 1. The lowest BCUT2D eigenvalue weighted by atomic mass is 10.0. The van der Waals surface area contributed by atoms with E-state index in [-0.39, 0.29) is 5.78 Å². The fourth-order valence-electron chi connectivity index (χ4n) is 1.57. The van der Waals surface area contributed by atoms with Gasteiger partial charge in [-0.25, -0.2) is 0 Å². The summed E-state index contributed by atoms with van der Waals surface area (Å²) < 4.78 is 0.952. The zero-order valence-electron chi connectivity index (χ0n) is 9.29. The molecule has 0 aliphatic heterocycles. The molecule has 0 fully saturated rings. The molecule has 0 saturated carbocycles. The van der Waals surface area contributed by atoms with Gasteiger partial charge in [0.25, 0.3) is 0 Å². The Bertz CT molecular complexity index is 579. The van der Waals surface area contributed by atoms with E-state index >= 15 is 0 Å². The van der Waals surface area contributed by atoms with Gasteiger partial charge in [-0.2, -0.15) is 0 Å². The molecule has 0 aromatic heterocycles. The molecule has 0 radical (unpaired) electrons. The molecule has 0 amide bonds. The number of carbonyl (C=O) groups excluding carboxylic acids is 1. The second-order valence-electron chi connectivity index (χ2n) is 3.86. The monoisotopic (exact) mass is 342 g/mol. The summed E-state index contributed by atoms with van der Waals surface area (Å²) in [5, 5.41) is 0.967. The van der Waals surface area contributed by atoms with Gasteiger partial charge in [-0.1, -0.05) is 57.3 Å². The van der Waals surface area contributed by atoms with Crippen LogP contribution in [0.4, 0.5) is 0 Å². The number of rotatable bonds is 3. The van der Waals surface area contributed by atoms with Crippen LogP contribution in [0.5, 0.6) is 0 Å². The maximum absolute atomic E-state index is 12.0. The van der Waals surface area contributed by atoms with Crippen molar-refractivity contribution in [3.8, 4) is 0 Å². The second-order valence-corrected chi connectivity index (χ2v) is 5.59. The zero-order valence-corrected chi connectivity index (χ0v) is 12.4. The minimum absolute atomic E-state index is 0.0564. The molecule has 2 aromatic carbocycles. The fraction of sp³-hybridized carbons (Fsp3) is 0.0714. The van der Waals surface area contributed by atoms with Crippen LogP contribution >= 0.6 is 39.1 Å². The number of benzene rings is 2. The molecule has 0 aliphatic rings. The van der Waals surface area contributed by atoms with Crippen molar-refractivity contribution in [2.75, 3.05) is 0 Å². The van der Waals surface area contributed by atoms with Gasteiger partial charge in [0.2, 0.25) is 0 Å². The fourth-order valence-corrected chi connectivity index (χ4v) is 2.16. The Morgan fingerprint density at radius 1 is 1.00 bits per heavy atom. The summed E-state index contributed by atoms with van der Waals surface area (Å²) in [7, 11) is 0. The Labute approximate surface area is 124 Å². The van der Waals surface area contributed by atoms with E-state index in [0.717, 1.165) is 10.0 Å².